The van der Waals surface area contributed by atoms with E-state index in [0.717, 1.165) is 13.0 Å². The predicted molar refractivity (Wildman–Crippen MR) is 61.4 cm³/mol. The third kappa shape index (κ3) is 4.76. The van der Waals surface area contributed by atoms with E-state index < -0.39 is 18.9 Å². The normalized spacial score (nSPS) is 10.4. The number of hydrogen-bond acceptors (Lipinski definition) is 3. The average molecular weight is 243 g/mol. The lowest BCUT2D eigenvalue weighted by Crippen LogP contribution is -2.28. The fourth-order valence-electron chi connectivity index (χ4n) is 1.19. The molecule has 0 bridgehead atoms. The lowest BCUT2D eigenvalue weighted by atomic mass is 10.2. The van der Waals surface area contributed by atoms with Gasteiger partial charge in [0, 0.05) is 18.3 Å². The van der Waals surface area contributed by atoms with Gasteiger partial charge in [-0.25, -0.2) is 13.8 Å². The van der Waals surface area contributed by atoms with Gasteiger partial charge in [0.1, 0.15) is 5.82 Å². The van der Waals surface area contributed by atoms with Crippen molar-refractivity contribution in [1.82, 2.24) is 10.3 Å². The van der Waals surface area contributed by atoms with Gasteiger partial charge in [0.05, 0.1) is 6.54 Å². The van der Waals surface area contributed by atoms with Crippen molar-refractivity contribution in [2.75, 3.05) is 18.4 Å². The summed E-state index contributed by atoms with van der Waals surface area (Å²) in [5, 5.41) is 5.15. The number of alkyl halides is 2. The molecule has 2 N–H and O–H groups in total. The molecule has 0 aromatic carbocycles. The van der Waals surface area contributed by atoms with E-state index in [1.165, 1.54) is 18.3 Å². The van der Waals surface area contributed by atoms with Crippen LogP contribution in [0.2, 0.25) is 0 Å². The second kappa shape index (κ2) is 6.78. The predicted octanol–water partition coefficient (Wildman–Crippen LogP) is 1.90. The van der Waals surface area contributed by atoms with E-state index in [1.807, 2.05) is 6.92 Å². The van der Waals surface area contributed by atoms with Crippen LogP contribution in [0.4, 0.5) is 14.6 Å². The van der Waals surface area contributed by atoms with Gasteiger partial charge < -0.3 is 10.6 Å². The quantitative estimate of drug-likeness (QED) is 0.802. The summed E-state index contributed by atoms with van der Waals surface area (Å²) in [6.07, 6.45) is -0.142. The van der Waals surface area contributed by atoms with Crippen LogP contribution < -0.4 is 10.6 Å². The van der Waals surface area contributed by atoms with Gasteiger partial charge in [-0.15, -0.1) is 0 Å². The summed E-state index contributed by atoms with van der Waals surface area (Å²) < 4.78 is 23.8. The smallest absolute Gasteiger partial charge is 0.255 e. The molecule has 0 radical (unpaired) electrons. The number of pyridine rings is 1. The minimum absolute atomic E-state index is 0.319. The SMILES string of the molecule is CCCNc1cc(C(=O)NCC(F)F)ccn1. The van der Waals surface area contributed by atoms with Crippen molar-refractivity contribution in [3.05, 3.63) is 23.9 Å². The average Bonchev–Trinajstić information content (AvgIpc) is 2.33. The van der Waals surface area contributed by atoms with E-state index in [2.05, 4.69) is 15.6 Å². The van der Waals surface area contributed by atoms with E-state index in [-0.39, 0.29) is 0 Å². The number of nitrogens with one attached hydrogen (secondary N) is 2. The standard InChI is InChI=1S/C11H15F2N3O/c1-2-4-14-10-6-8(3-5-15-10)11(17)16-7-9(12)13/h3,5-6,9H,2,4,7H2,1H3,(H,14,15)(H,16,17). The van der Waals surface area contributed by atoms with Crippen LogP contribution in [0.1, 0.15) is 23.7 Å². The van der Waals surface area contributed by atoms with Crippen molar-refractivity contribution in [1.29, 1.82) is 0 Å². The monoisotopic (exact) mass is 243 g/mol. The molecule has 0 aliphatic rings. The number of aromatic nitrogens is 1. The third-order valence-corrected chi connectivity index (χ3v) is 2.00. The Bertz CT molecular complexity index is 371. The van der Waals surface area contributed by atoms with Gasteiger partial charge in [-0.2, -0.15) is 0 Å². The second-order valence-electron chi connectivity index (χ2n) is 3.46. The van der Waals surface area contributed by atoms with Gasteiger partial charge in [0.25, 0.3) is 12.3 Å². The van der Waals surface area contributed by atoms with E-state index in [0.29, 0.717) is 11.4 Å². The first-order valence-corrected chi connectivity index (χ1v) is 5.39. The minimum Gasteiger partial charge on any atom is -0.370 e. The van der Waals surface area contributed by atoms with Gasteiger partial charge in [-0.05, 0) is 18.6 Å². The Hall–Kier alpha value is -1.72. The van der Waals surface area contributed by atoms with Crippen LogP contribution in [0.3, 0.4) is 0 Å². The zero-order chi connectivity index (χ0) is 12.7. The highest BCUT2D eigenvalue weighted by Gasteiger charge is 2.09. The Kier molecular flexibility index (Phi) is 5.32. The Morgan fingerprint density at radius 3 is 2.94 bits per heavy atom. The minimum atomic E-state index is -2.54. The highest BCUT2D eigenvalue weighted by Crippen LogP contribution is 2.06. The maximum absolute atomic E-state index is 11.9. The number of nitrogens with zero attached hydrogens (tertiary/aromatic N) is 1. The van der Waals surface area contributed by atoms with E-state index in [1.54, 1.807) is 0 Å². The van der Waals surface area contributed by atoms with Crippen LogP contribution in [0.25, 0.3) is 0 Å². The largest absolute Gasteiger partial charge is 0.370 e. The van der Waals surface area contributed by atoms with Crippen molar-refractivity contribution in [3.8, 4) is 0 Å². The van der Waals surface area contributed by atoms with Gasteiger partial charge in [-0.1, -0.05) is 6.92 Å². The van der Waals surface area contributed by atoms with Crippen LogP contribution in [0.5, 0.6) is 0 Å². The first-order chi connectivity index (χ1) is 8.13. The topological polar surface area (TPSA) is 54.0 Å². The van der Waals surface area contributed by atoms with E-state index in [9.17, 15) is 13.6 Å². The van der Waals surface area contributed by atoms with Gasteiger partial charge in [0.15, 0.2) is 0 Å². The molecule has 0 unspecified atom stereocenters. The highest BCUT2D eigenvalue weighted by atomic mass is 19.3. The first-order valence-electron chi connectivity index (χ1n) is 5.39. The van der Waals surface area contributed by atoms with Crippen LogP contribution in [-0.4, -0.2) is 30.4 Å². The maximum Gasteiger partial charge on any atom is 0.255 e. The summed E-state index contributed by atoms with van der Waals surface area (Å²) in [7, 11) is 0. The molecular formula is C11H15F2N3O. The van der Waals surface area contributed by atoms with Crippen LogP contribution in [0.15, 0.2) is 18.3 Å². The molecule has 0 atom stereocenters. The molecule has 0 aliphatic heterocycles. The van der Waals surface area contributed by atoms with Crippen molar-refractivity contribution in [2.24, 2.45) is 0 Å². The maximum atomic E-state index is 11.9. The summed E-state index contributed by atoms with van der Waals surface area (Å²) in [5.41, 5.74) is 0.319. The summed E-state index contributed by atoms with van der Waals surface area (Å²) >= 11 is 0. The number of carbonyl (C=O) groups is 1. The van der Waals surface area contributed by atoms with E-state index >= 15 is 0 Å². The number of hydrogen-bond donors (Lipinski definition) is 2. The molecule has 0 aliphatic carbocycles. The van der Waals surface area contributed by atoms with Gasteiger partial charge in [-0.3, -0.25) is 4.79 Å². The summed E-state index contributed by atoms with van der Waals surface area (Å²) in [6, 6.07) is 3.02. The second-order valence-corrected chi connectivity index (χ2v) is 3.46. The van der Waals surface area contributed by atoms with Crippen molar-refractivity contribution in [2.45, 2.75) is 19.8 Å². The lowest BCUT2D eigenvalue weighted by Gasteiger charge is -2.07. The zero-order valence-electron chi connectivity index (χ0n) is 9.54. The number of carbonyl (C=O) groups excluding carboxylic acids is 1. The highest BCUT2D eigenvalue weighted by molar-refractivity contribution is 5.94. The van der Waals surface area contributed by atoms with Crippen LogP contribution in [-0.2, 0) is 0 Å². The van der Waals surface area contributed by atoms with Crippen molar-refractivity contribution < 1.29 is 13.6 Å². The summed E-state index contributed by atoms with van der Waals surface area (Å²) in [6.45, 7) is 2.11. The molecule has 17 heavy (non-hydrogen) atoms. The first kappa shape index (κ1) is 13.3. The number of rotatable bonds is 6. The van der Waals surface area contributed by atoms with E-state index in [4.69, 9.17) is 0 Å². The Labute approximate surface area is 98.4 Å². The molecule has 0 saturated heterocycles. The lowest BCUT2D eigenvalue weighted by molar-refractivity contribution is 0.0891. The van der Waals surface area contributed by atoms with Gasteiger partial charge >= 0.3 is 0 Å². The molecule has 1 rings (SSSR count). The van der Waals surface area contributed by atoms with Crippen LogP contribution >= 0.6 is 0 Å². The fraction of sp³-hybridized carbons (Fsp3) is 0.455. The molecule has 4 nitrogen and oxygen atoms in total. The fourth-order valence-corrected chi connectivity index (χ4v) is 1.19. The summed E-state index contributed by atoms with van der Waals surface area (Å²) in [4.78, 5) is 15.5. The molecule has 1 heterocycles. The number of amides is 1. The van der Waals surface area contributed by atoms with Crippen molar-refractivity contribution >= 4 is 11.7 Å². The zero-order valence-corrected chi connectivity index (χ0v) is 9.54. The molecule has 1 aromatic heterocycles. The molecule has 0 fully saturated rings. The van der Waals surface area contributed by atoms with Crippen LogP contribution in [0, 0.1) is 0 Å². The number of anilines is 1. The molecular weight excluding hydrogens is 228 g/mol. The Morgan fingerprint density at radius 1 is 1.53 bits per heavy atom. The molecule has 0 spiro atoms. The molecule has 6 heteroatoms. The Morgan fingerprint density at radius 2 is 2.29 bits per heavy atom. The Balaban J connectivity index is 2.60. The van der Waals surface area contributed by atoms with Gasteiger partial charge in [0.2, 0.25) is 0 Å². The molecule has 0 saturated carbocycles. The molecule has 1 amide bonds. The molecule has 1 aromatic rings. The van der Waals surface area contributed by atoms with Crippen molar-refractivity contribution in [3.63, 3.8) is 0 Å². The summed E-state index contributed by atoms with van der Waals surface area (Å²) in [5.74, 6) is 0.0452. The number of halogens is 2. The molecule has 94 valence electrons. The third-order valence-electron chi connectivity index (χ3n) is 2.00.